The molecule has 0 bridgehead atoms. The van der Waals surface area contributed by atoms with Crippen LogP contribution in [0.3, 0.4) is 0 Å². The van der Waals surface area contributed by atoms with Gasteiger partial charge >= 0.3 is 5.97 Å². The van der Waals surface area contributed by atoms with Crippen molar-refractivity contribution < 1.29 is 19.4 Å². The standard InChI is InChI=1S/C14H26N2O4/c1-3-14(4-2,13(18)19)10-16-12(17)9-20-11-5-7-15-8-6-11/h11,15H,3-10H2,1-2H3,(H,16,17)(H,18,19). The Morgan fingerprint density at radius 1 is 1.30 bits per heavy atom. The highest BCUT2D eigenvalue weighted by atomic mass is 16.5. The van der Waals surface area contributed by atoms with Crippen LogP contribution in [0.4, 0.5) is 0 Å². The lowest BCUT2D eigenvalue weighted by Gasteiger charge is -2.27. The topological polar surface area (TPSA) is 87.7 Å². The lowest BCUT2D eigenvalue weighted by atomic mass is 9.82. The third kappa shape index (κ3) is 4.76. The van der Waals surface area contributed by atoms with Crippen LogP contribution >= 0.6 is 0 Å². The van der Waals surface area contributed by atoms with Crippen molar-refractivity contribution in [1.29, 1.82) is 0 Å². The zero-order valence-electron chi connectivity index (χ0n) is 12.4. The number of aliphatic carboxylic acids is 1. The van der Waals surface area contributed by atoms with Crippen molar-refractivity contribution in [2.45, 2.75) is 45.6 Å². The molecule has 0 spiro atoms. The van der Waals surface area contributed by atoms with Crippen molar-refractivity contribution in [2.24, 2.45) is 5.41 Å². The monoisotopic (exact) mass is 286 g/mol. The minimum absolute atomic E-state index is 0.00773. The average Bonchev–Trinajstić information content (AvgIpc) is 2.47. The third-order valence-corrected chi connectivity index (χ3v) is 4.17. The van der Waals surface area contributed by atoms with E-state index >= 15 is 0 Å². The van der Waals surface area contributed by atoms with Gasteiger partial charge in [-0.15, -0.1) is 0 Å². The molecule has 6 heteroatoms. The minimum atomic E-state index is -0.871. The number of amides is 1. The van der Waals surface area contributed by atoms with Gasteiger partial charge in [-0.1, -0.05) is 13.8 Å². The first-order valence-corrected chi connectivity index (χ1v) is 7.36. The number of nitrogens with one attached hydrogen (secondary N) is 2. The SMILES string of the molecule is CCC(CC)(CNC(=O)COC1CCNCC1)C(=O)O. The Hall–Kier alpha value is -1.14. The molecule has 116 valence electrons. The van der Waals surface area contributed by atoms with E-state index in [1.165, 1.54) is 0 Å². The maximum absolute atomic E-state index is 11.7. The highest BCUT2D eigenvalue weighted by molar-refractivity contribution is 5.79. The van der Waals surface area contributed by atoms with Crippen LogP contribution < -0.4 is 10.6 Å². The quantitative estimate of drug-likeness (QED) is 0.613. The van der Waals surface area contributed by atoms with Gasteiger partial charge in [-0.25, -0.2) is 0 Å². The number of carbonyl (C=O) groups excluding carboxylic acids is 1. The molecule has 1 heterocycles. The maximum Gasteiger partial charge on any atom is 0.311 e. The molecular formula is C14H26N2O4. The molecule has 3 N–H and O–H groups in total. The molecule has 1 aliphatic heterocycles. The van der Waals surface area contributed by atoms with E-state index in [9.17, 15) is 14.7 Å². The number of hydrogen-bond acceptors (Lipinski definition) is 4. The van der Waals surface area contributed by atoms with Crippen molar-refractivity contribution in [2.75, 3.05) is 26.2 Å². The molecule has 0 aromatic heterocycles. The zero-order chi connectivity index (χ0) is 15.0. The third-order valence-electron chi connectivity index (χ3n) is 4.17. The summed E-state index contributed by atoms with van der Waals surface area (Å²) in [6.07, 6.45) is 2.94. The van der Waals surface area contributed by atoms with Crippen molar-refractivity contribution in [3.63, 3.8) is 0 Å². The molecule has 1 aliphatic rings. The van der Waals surface area contributed by atoms with E-state index in [4.69, 9.17) is 4.74 Å². The molecule has 1 fully saturated rings. The number of carboxylic acids is 1. The molecule has 1 rings (SSSR count). The van der Waals surface area contributed by atoms with Crippen LogP contribution in [-0.4, -0.2) is 49.3 Å². The Morgan fingerprint density at radius 3 is 2.40 bits per heavy atom. The van der Waals surface area contributed by atoms with Gasteiger partial charge in [-0.05, 0) is 38.8 Å². The molecule has 0 saturated carbocycles. The van der Waals surface area contributed by atoms with Crippen LogP contribution in [0.5, 0.6) is 0 Å². The molecular weight excluding hydrogens is 260 g/mol. The summed E-state index contributed by atoms with van der Waals surface area (Å²) < 4.78 is 5.54. The fourth-order valence-electron chi connectivity index (χ4n) is 2.35. The number of hydrogen-bond donors (Lipinski definition) is 3. The second kappa shape index (κ2) is 8.21. The molecule has 0 atom stereocenters. The first-order valence-electron chi connectivity index (χ1n) is 7.36. The fraction of sp³-hybridized carbons (Fsp3) is 0.857. The predicted octanol–water partition coefficient (Wildman–Crippen LogP) is 0.762. The van der Waals surface area contributed by atoms with Crippen LogP contribution in [0, 0.1) is 5.41 Å². The normalized spacial score (nSPS) is 16.9. The van der Waals surface area contributed by atoms with Gasteiger partial charge < -0.3 is 20.5 Å². The second-order valence-electron chi connectivity index (χ2n) is 5.33. The average molecular weight is 286 g/mol. The van der Waals surface area contributed by atoms with E-state index in [-0.39, 0.29) is 25.2 Å². The number of piperidine rings is 1. The largest absolute Gasteiger partial charge is 0.481 e. The van der Waals surface area contributed by atoms with Gasteiger partial charge in [0.15, 0.2) is 0 Å². The molecule has 0 unspecified atom stereocenters. The molecule has 0 aliphatic carbocycles. The van der Waals surface area contributed by atoms with E-state index < -0.39 is 11.4 Å². The fourth-order valence-corrected chi connectivity index (χ4v) is 2.35. The second-order valence-corrected chi connectivity index (χ2v) is 5.33. The lowest BCUT2D eigenvalue weighted by Crippen LogP contribution is -2.44. The van der Waals surface area contributed by atoms with Crippen molar-refractivity contribution in [1.82, 2.24) is 10.6 Å². The van der Waals surface area contributed by atoms with Gasteiger partial charge in [0.2, 0.25) is 5.91 Å². The number of rotatable bonds is 8. The molecule has 0 aromatic carbocycles. The van der Waals surface area contributed by atoms with Crippen LogP contribution in [0.15, 0.2) is 0 Å². The number of carbonyl (C=O) groups is 2. The maximum atomic E-state index is 11.7. The summed E-state index contributed by atoms with van der Waals surface area (Å²) in [4.78, 5) is 23.1. The molecule has 1 amide bonds. The van der Waals surface area contributed by atoms with Crippen LogP contribution in [0.25, 0.3) is 0 Å². The lowest BCUT2D eigenvalue weighted by molar-refractivity contribution is -0.149. The molecule has 0 radical (unpaired) electrons. The van der Waals surface area contributed by atoms with Gasteiger partial charge in [-0.2, -0.15) is 0 Å². The van der Waals surface area contributed by atoms with Gasteiger partial charge in [0, 0.05) is 6.54 Å². The van der Waals surface area contributed by atoms with Crippen LogP contribution in [0.1, 0.15) is 39.5 Å². The van der Waals surface area contributed by atoms with E-state index in [2.05, 4.69) is 10.6 Å². The summed E-state index contributed by atoms with van der Waals surface area (Å²) >= 11 is 0. The van der Waals surface area contributed by atoms with E-state index in [1.807, 2.05) is 13.8 Å². The van der Waals surface area contributed by atoms with E-state index in [0.717, 1.165) is 25.9 Å². The molecule has 6 nitrogen and oxygen atoms in total. The summed E-state index contributed by atoms with van der Waals surface area (Å²) in [5.41, 5.74) is -0.871. The summed E-state index contributed by atoms with van der Waals surface area (Å²) in [5.74, 6) is -1.10. The zero-order valence-corrected chi connectivity index (χ0v) is 12.4. The van der Waals surface area contributed by atoms with Gasteiger partial charge in [0.25, 0.3) is 0 Å². The summed E-state index contributed by atoms with van der Waals surface area (Å²) in [5, 5.41) is 15.2. The van der Waals surface area contributed by atoms with Gasteiger partial charge in [0.05, 0.1) is 11.5 Å². The van der Waals surface area contributed by atoms with Crippen molar-refractivity contribution in [3.05, 3.63) is 0 Å². The molecule has 20 heavy (non-hydrogen) atoms. The Kier molecular flexibility index (Phi) is 6.95. The predicted molar refractivity (Wildman–Crippen MR) is 75.5 cm³/mol. The first kappa shape index (κ1) is 16.9. The number of carboxylic acid groups (broad SMARTS) is 1. The highest BCUT2D eigenvalue weighted by Gasteiger charge is 2.35. The number of ether oxygens (including phenoxy) is 1. The van der Waals surface area contributed by atoms with Crippen molar-refractivity contribution in [3.8, 4) is 0 Å². The summed E-state index contributed by atoms with van der Waals surface area (Å²) in [6.45, 7) is 5.66. The highest BCUT2D eigenvalue weighted by Crippen LogP contribution is 2.25. The minimum Gasteiger partial charge on any atom is -0.481 e. The van der Waals surface area contributed by atoms with E-state index in [1.54, 1.807) is 0 Å². The summed E-state index contributed by atoms with van der Waals surface area (Å²) in [6, 6.07) is 0. The first-order chi connectivity index (χ1) is 9.54. The molecule has 0 aromatic rings. The van der Waals surface area contributed by atoms with Crippen LogP contribution in [-0.2, 0) is 14.3 Å². The smallest absolute Gasteiger partial charge is 0.311 e. The Bertz CT molecular complexity index is 323. The van der Waals surface area contributed by atoms with E-state index in [0.29, 0.717) is 12.8 Å². The summed E-state index contributed by atoms with van der Waals surface area (Å²) in [7, 11) is 0. The molecule has 1 saturated heterocycles. The Balaban J connectivity index is 2.32. The van der Waals surface area contributed by atoms with Crippen LogP contribution in [0.2, 0.25) is 0 Å². The van der Waals surface area contributed by atoms with Crippen molar-refractivity contribution >= 4 is 11.9 Å². The Morgan fingerprint density at radius 2 is 1.90 bits per heavy atom. The Labute approximate surface area is 120 Å². The van der Waals surface area contributed by atoms with Gasteiger partial charge in [0.1, 0.15) is 6.61 Å². The van der Waals surface area contributed by atoms with Gasteiger partial charge in [-0.3, -0.25) is 9.59 Å².